The molecule has 1 aromatic heterocycles. The summed E-state index contributed by atoms with van der Waals surface area (Å²) in [5, 5.41) is 3.28. The summed E-state index contributed by atoms with van der Waals surface area (Å²) in [6.07, 6.45) is 1.77. The van der Waals surface area contributed by atoms with E-state index in [-0.39, 0.29) is 0 Å². The van der Waals surface area contributed by atoms with Gasteiger partial charge in [0.15, 0.2) is 0 Å². The van der Waals surface area contributed by atoms with E-state index >= 15 is 0 Å². The van der Waals surface area contributed by atoms with E-state index in [1.54, 1.807) is 6.20 Å². The molecular formula is C15H16N2O2S. The van der Waals surface area contributed by atoms with E-state index in [4.69, 9.17) is 17.0 Å². The number of esters is 1. The maximum absolute atomic E-state index is 11.9. The van der Waals surface area contributed by atoms with E-state index in [0.717, 1.165) is 16.8 Å². The Bertz CT molecular complexity index is 707. The number of rotatable bonds is 3. The summed E-state index contributed by atoms with van der Waals surface area (Å²) in [5.74, 6) is -0.453. The lowest BCUT2D eigenvalue weighted by Crippen LogP contribution is -2.09. The van der Waals surface area contributed by atoms with Crippen molar-refractivity contribution in [1.82, 2.24) is 4.98 Å². The molecule has 20 heavy (non-hydrogen) atoms. The van der Waals surface area contributed by atoms with Crippen molar-refractivity contribution in [2.45, 2.75) is 13.8 Å². The van der Waals surface area contributed by atoms with Gasteiger partial charge in [-0.25, -0.2) is 4.79 Å². The molecule has 1 heterocycles. The Hall–Kier alpha value is -2.14. The molecule has 0 aliphatic carbocycles. The standard InChI is InChI=1S/C15H16N2O2S/c1-9-6-4-5-7-11(9)17-13-10(2)8-16-14(20)12(13)15(18)19-3/h4-8H,1-3H3,(H2,16,17,20). The number of aromatic nitrogens is 1. The molecule has 0 radical (unpaired) electrons. The smallest absolute Gasteiger partial charge is 0.343 e. The molecule has 0 saturated carbocycles. The number of H-pyrrole nitrogens is 1. The first kappa shape index (κ1) is 14.3. The Morgan fingerprint density at radius 1 is 1.25 bits per heavy atom. The van der Waals surface area contributed by atoms with Gasteiger partial charge in [-0.2, -0.15) is 0 Å². The highest BCUT2D eigenvalue weighted by atomic mass is 32.1. The van der Waals surface area contributed by atoms with Crippen molar-refractivity contribution in [3.63, 3.8) is 0 Å². The third kappa shape index (κ3) is 2.72. The molecule has 0 amide bonds. The molecule has 1 aromatic carbocycles. The quantitative estimate of drug-likeness (QED) is 0.664. The number of aryl methyl sites for hydroxylation is 2. The van der Waals surface area contributed by atoms with Gasteiger partial charge in [-0.3, -0.25) is 0 Å². The van der Waals surface area contributed by atoms with Crippen LogP contribution >= 0.6 is 12.2 Å². The number of benzene rings is 1. The van der Waals surface area contributed by atoms with Crippen LogP contribution in [0.2, 0.25) is 0 Å². The summed E-state index contributed by atoms with van der Waals surface area (Å²) >= 11 is 5.19. The monoisotopic (exact) mass is 288 g/mol. The molecule has 0 aliphatic heterocycles. The van der Waals surface area contributed by atoms with Gasteiger partial charge >= 0.3 is 5.97 Å². The fourth-order valence-electron chi connectivity index (χ4n) is 1.93. The second-order valence-corrected chi connectivity index (χ2v) is 4.89. The molecule has 0 atom stereocenters. The van der Waals surface area contributed by atoms with Gasteiger partial charge in [-0.15, -0.1) is 0 Å². The largest absolute Gasteiger partial charge is 0.465 e. The third-order valence-electron chi connectivity index (χ3n) is 3.09. The van der Waals surface area contributed by atoms with Crippen molar-refractivity contribution in [3.05, 3.63) is 51.8 Å². The number of anilines is 2. The van der Waals surface area contributed by atoms with Crippen molar-refractivity contribution in [3.8, 4) is 0 Å². The molecule has 2 aromatic rings. The minimum atomic E-state index is -0.453. The summed E-state index contributed by atoms with van der Waals surface area (Å²) in [6.45, 7) is 3.90. The SMILES string of the molecule is COC(=O)c1c(Nc2ccccc2C)c(C)c[nH]c1=S. The number of nitrogens with one attached hydrogen (secondary N) is 2. The van der Waals surface area contributed by atoms with E-state index in [2.05, 4.69) is 10.3 Å². The predicted octanol–water partition coefficient (Wildman–Crippen LogP) is 3.89. The molecule has 0 bridgehead atoms. The number of para-hydroxylation sites is 1. The Labute approximate surface area is 122 Å². The topological polar surface area (TPSA) is 54.1 Å². The number of carbonyl (C=O) groups is 1. The first-order valence-electron chi connectivity index (χ1n) is 6.18. The Balaban J connectivity index is 2.56. The maximum Gasteiger partial charge on any atom is 0.343 e. The van der Waals surface area contributed by atoms with E-state index < -0.39 is 5.97 Å². The minimum Gasteiger partial charge on any atom is -0.465 e. The number of carbonyl (C=O) groups excluding carboxylic acids is 1. The van der Waals surface area contributed by atoms with Gasteiger partial charge in [-0.1, -0.05) is 30.4 Å². The minimum absolute atomic E-state index is 0.353. The number of methoxy groups -OCH3 is 1. The fraction of sp³-hybridized carbons (Fsp3) is 0.200. The first-order chi connectivity index (χ1) is 9.54. The van der Waals surface area contributed by atoms with Gasteiger partial charge < -0.3 is 15.0 Å². The number of pyridine rings is 1. The molecule has 0 spiro atoms. The lowest BCUT2D eigenvalue weighted by molar-refractivity contribution is 0.0600. The Kier molecular flexibility index (Phi) is 4.20. The van der Waals surface area contributed by atoms with Crippen LogP contribution in [0.15, 0.2) is 30.5 Å². The molecule has 2 rings (SSSR count). The average Bonchev–Trinajstić information content (AvgIpc) is 2.44. The Morgan fingerprint density at radius 2 is 1.95 bits per heavy atom. The summed E-state index contributed by atoms with van der Waals surface area (Å²) in [5.41, 5.74) is 3.94. The number of ether oxygens (including phenoxy) is 1. The molecular weight excluding hydrogens is 272 g/mol. The van der Waals surface area contributed by atoms with Crippen LogP contribution < -0.4 is 5.32 Å². The van der Waals surface area contributed by atoms with Crippen molar-refractivity contribution in [2.75, 3.05) is 12.4 Å². The molecule has 2 N–H and O–H groups in total. The lowest BCUT2D eigenvalue weighted by Gasteiger charge is -2.15. The van der Waals surface area contributed by atoms with E-state index in [1.165, 1.54) is 7.11 Å². The lowest BCUT2D eigenvalue weighted by atomic mass is 10.1. The second-order valence-electron chi connectivity index (χ2n) is 4.48. The maximum atomic E-state index is 11.9. The van der Waals surface area contributed by atoms with Crippen LogP contribution in [0.5, 0.6) is 0 Å². The van der Waals surface area contributed by atoms with Crippen LogP contribution in [-0.2, 0) is 4.74 Å². The summed E-state index contributed by atoms with van der Waals surface area (Å²) in [4.78, 5) is 14.8. The van der Waals surface area contributed by atoms with Crippen LogP contribution in [0.1, 0.15) is 21.5 Å². The highest BCUT2D eigenvalue weighted by Gasteiger charge is 2.17. The van der Waals surface area contributed by atoms with Crippen LogP contribution in [-0.4, -0.2) is 18.1 Å². The van der Waals surface area contributed by atoms with E-state index in [1.807, 2.05) is 38.1 Å². The van der Waals surface area contributed by atoms with Gasteiger partial charge in [0.1, 0.15) is 10.2 Å². The van der Waals surface area contributed by atoms with Crippen LogP contribution in [0.3, 0.4) is 0 Å². The third-order valence-corrected chi connectivity index (χ3v) is 3.41. The van der Waals surface area contributed by atoms with Crippen LogP contribution in [0.25, 0.3) is 0 Å². The fourth-order valence-corrected chi connectivity index (χ4v) is 2.18. The summed E-state index contributed by atoms with van der Waals surface area (Å²) in [6, 6.07) is 7.85. The molecule has 0 aliphatic rings. The molecule has 5 heteroatoms. The molecule has 0 fully saturated rings. The van der Waals surface area contributed by atoms with Gasteiger partial charge in [0.2, 0.25) is 0 Å². The normalized spacial score (nSPS) is 10.2. The zero-order chi connectivity index (χ0) is 14.7. The number of hydrogen-bond donors (Lipinski definition) is 2. The Morgan fingerprint density at radius 3 is 2.60 bits per heavy atom. The van der Waals surface area contributed by atoms with Gasteiger partial charge in [0.25, 0.3) is 0 Å². The van der Waals surface area contributed by atoms with Crippen molar-refractivity contribution in [1.29, 1.82) is 0 Å². The van der Waals surface area contributed by atoms with Gasteiger partial charge in [-0.05, 0) is 31.0 Å². The highest BCUT2D eigenvalue weighted by molar-refractivity contribution is 7.71. The van der Waals surface area contributed by atoms with Crippen molar-refractivity contribution in [2.24, 2.45) is 0 Å². The summed E-state index contributed by atoms with van der Waals surface area (Å²) in [7, 11) is 1.34. The zero-order valence-electron chi connectivity index (χ0n) is 11.6. The molecule has 0 unspecified atom stereocenters. The predicted molar refractivity (Wildman–Crippen MR) is 82.2 cm³/mol. The van der Waals surface area contributed by atoms with Gasteiger partial charge in [0, 0.05) is 11.9 Å². The van der Waals surface area contributed by atoms with Gasteiger partial charge in [0.05, 0.1) is 12.8 Å². The van der Waals surface area contributed by atoms with Crippen LogP contribution in [0.4, 0.5) is 11.4 Å². The number of hydrogen-bond acceptors (Lipinski definition) is 4. The molecule has 4 nitrogen and oxygen atoms in total. The first-order valence-corrected chi connectivity index (χ1v) is 6.58. The number of aromatic amines is 1. The highest BCUT2D eigenvalue weighted by Crippen LogP contribution is 2.27. The zero-order valence-corrected chi connectivity index (χ0v) is 12.4. The van der Waals surface area contributed by atoms with E-state index in [0.29, 0.717) is 15.9 Å². The van der Waals surface area contributed by atoms with Crippen LogP contribution in [0, 0.1) is 18.5 Å². The molecule has 104 valence electrons. The average molecular weight is 288 g/mol. The van der Waals surface area contributed by atoms with Crippen molar-refractivity contribution < 1.29 is 9.53 Å². The van der Waals surface area contributed by atoms with E-state index in [9.17, 15) is 4.79 Å². The van der Waals surface area contributed by atoms with Crippen molar-refractivity contribution >= 4 is 29.6 Å². The molecule has 0 saturated heterocycles. The second kappa shape index (κ2) is 5.88. The summed E-state index contributed by atoms with van der Waals surface area (Å²) < 4.78 is 5.17.